The van der Waals surface area contributed by atoms with Gasteiger partial charge in [-0.05, 0) is 22.9 Å². The van der Waals surface area contributed by atoms with E-state index in [-0.39, 0.29) is 18.4 Å². The van der Waals surface area contributed by atoms with Crippen molar-refractivity contribution in [2.75, 3.05) is 24.5 Å². The fourth-order valence-corrected chi connectivity index (χ4v) is 5.72. The van der Waals surface area contributed by atoms with Crippen molar-refractivity contribution in [3.8, 4) is 0 Å². The van der Waals surface area contributed by atoms with Crippen molar-refractivity contribution in [1.29, 1.82) is 0 Å². The summed E-state index contributed by atoms with van der Waals surface area (Å²) in [5.41, 5.74) is 9.49. The van der Waals surface area contributed by atoms with Crippen LogP contribution in [0.15, 0.2) is 104 Å². The van der Waals surface area contributed by atoms with Crippen molar-refractivity contribution in [3.63, 3.8) is 0 Å². The third-order valence-corrected chi connectivity index (χ3v) is 7.65. The molecule has 0 spiro atoms. The lowest BCUT2D eigenvalue weighted by molar-refractivity contribution is -0.0991. The second-order valence-corrected chi connectivity index (χ2v) is 10.5. The van der Waals surface area contributed by atoms with Crippen LogP contribution in [-0.2, 0) is 19.8 Å². The molecule has 0 bridgehead atoms. The van der Waals surface area contributed by atoms with Gasteiger partial charge in [-0.25, -0.2) is 15.0 Å². The van der Waals surface area contributed by atoms with Crippen LogP contribution >= 0.6 is 11.8 Å². The number of imidazole rings is 1. The molecule has 0 aliphatic carbocycles. The van der Waals surface area contributed by atoms with Gasteiger partial charge in [0.05, 0.1) is 25.0 Å². The predicted molar refractivity (Wildman–Crippen MR) is 157 cm³/mol. The van der Waals surface area contributed by atoms with E-state index in [9.17, 15) is 0 Å². The molecule has 0 unspecified atom stereocenters. The van der Waals surface area contributed by atoms with Gasteiger partial charge in [-0.1, -0.05) is 91.0 Å². The Kier molecular flexibility index (Phi) is 7.79. The number of aromatic nitrogens is 4. The van der Waals surface area contributed by atoms with E-state index in [2.05, 4.69) is 51.4 Å². The Hall–Kier alpha value is -3.76. The van der Waals surface area contributed by atoms with Crippen molar-refractivity contribution >= 4 is 28.7 Å². The minimum Gasteiger partial charge on any atom is -0.382 e. The molecule has 9 heteroatoms. The number of fused-ring (bicyclic) bond motifs is 1. The zero-order chi connectivity index (χ0) is 27.4. The molecule has 0 amide bonds. The Morgan fingerprint density at radius 3 is 2.08 bits per heavy atom. The Balaban J connectivity index is 1.36. The number of hydrogen-bond acceptors (Lipinski definition) is 8. The van der Waals surface area contributed by atoms with E-state index in [0.717, 1.165) is 16.7 Å². The minimum atomic E-state index is -0.849. The lowest BCUT2D eigenvalue weighted by atomic mass is 9.80. The van der Waals surface area contributed by atoms with Gasteiger partial charge in [0.2, 0.25) is 0 Å². The molecule has 2 N–H and O–H groups in total. The number of nitrogens with zero attached hydrogens (tertiary/aromatic N) is 4. The molecule has 2 aromatic heterocycles. The summed E-state index contributed by atoms with van der Waals surface area (Å²) >= 11 is 1.63. The van der Waals surface area contributed by atoms with Crippen LogP contribution in [-0.4, -0.2) is 50.5 Å². The van der Waals surface area contributed by atoms with Crippen LogP contribution in [0.1, 0.15) is 29.3 Å². The summed E-state index contributed by atoms with van der Waals surface area (Å²) in [6, 6.07) is 31.0. The van der Waals surface area contributed by atoms with Crippen LogP contribution in [0.5, 0.6) is 0 Å². The molecular formula is C31H31N5O3S. The SMILES string of the molecule is CSCO[C@H]1C[C@H](n2cnc3c(N)ncnc32)O[C@@H]1COC(c1ccccc1)(c1ccccc1)c1ccccc1. The largest absolute Gasteiger partial charge is 0.382 e. The van der Waals surface area contributed by atoms with E-state index < -0.39 is 5.60 Å². The molecule has 1 aliphatic rings. The van der Waals surface area contributed by atoms with E-state index in [1.165, 1.54) is 6.33 Å². The maximum atomic E-state index is 7.07. The lowest BCUT2D eigenvalue weighted by Crippen LogP contribution is -2.38. The van der Waals surface area contributed by atoms with Crippen molar-refractivity contribution in [2.45, 2.75) is 30.5 Å². The minimum absolute atomic E-state index is 0.186. The Morgan fingerprint density at radius 2 is 1.50 bits per heavy atom. The van der Waals surface area contributed by atoms with Crippen molar-refractivity contribution in [1.82, 2.24) is 19.5 Å². The lowest BCUT2D eigenvalue weighted by Gasteiger charge is -2.37. The summed E-state index contributed by atoms with van der Waals surface area (Å²) in [5.74, 6) is 0.897. The highest BCUT2D eigenvalue weighted by atomic mass is 32.2. The van der Waals surface area contributed by atoms with Crippen LogP contribution in [0.25, 0.3) is 11.2 Å². The summed E-state index contributed by atoms with van der Waals surface area (Å²) in [6.07, 6.45) is 4.95. The van der Waals surface area contributed by atoms with Crippen LogP contribution < -0.4 is 5.73 Å². The Labute approximate surface area is 237 Å². The normalized spacial score (nSPS) is 19.3. The van der Waals surface area contributed by atoms with Gasteiger partial charge in [-0.15, -0.1) is 11.8 Å². The van der Waals surface area contributed by atoms with Gasteiger partial charge in [0.15, 0.2) is 11.5 Å². The molecule has 1 aliphatic heterocycles. The highest BCUT2D eigenvalue weighted by Gasteiger charge is 2.43. The van der Waals surface area contributed by atoms with Gasteiger partial charge in [-0.2, -0.15) is 0 Å². The predicted octanol–water partition coefficient (Wildman–Crippen LogP) is 5.41. The standard InChI is InChI=1S/C31H31N5O3S/c1-40-21-37-25-17-27(36-20-35-28-29(32)33-19-34-30(28)36)39-26(25)18-38-31(22-11-5-2-6-12-22,23-13-7-3-8-14-23)24-15-9-4-10-16-24/h2-16,19-20,25-27H,17-18,21H2,1H3,(H2,32,33,34)/t25-,26+,27+/m0/s1. The van der Waals surface area contributed by atoms with Gasteiger partial charge < -0.3 is 19.9 Å². The van der Waals surface area contributed by atoms with Gasteiger partial charge in [0.1, 0.15) is 29.8 Å². The highest BCUT2D eigenvalue weighted by molar-refractivity contribution is 7.98. The molecule has 40 heavy (non-hydrogen) atoms. The van der Waals surface area contributed by atoms with Crippen molar-refractivity contribution < 1.29 is 14.2 Å². The second-order valence-electron chi connectivity index (χ2n) is 9.65. The Morgan fingerprint density at radius 1 is 0.900 bits per heavy atom. The van der Waals surface area contributed by atoms with Crippen molar-refractivity contribution in [2.24, 2.45) is 0 Å². The highest BCUT2D eigenvalue weighted by Crippen LogP contribution is 2.42. The zero-order valence-electron chi connectivity index (χ0n) is 22.2. The molecule has 3 heterocycles. The Bertz CT molecular complexity index is 1440. The van der Waals surface area contributed by atoms with Gasteiger partial charge in [0, 0.05) is 6.42 Å². The monoisotopic (exact) mass is 553 g/mol. The van der Waals surface area contributed by atoms with E-state index in [1.54, 1.807) is 18.1 Å². The molecule has 5 aromatic rings. The summed E-state index contributed by atoms with van der Waals surface area (Å²) in [4.78, 5) is 12.9. The number of hydrogen-bond donors (Lipinski definition) is 1. The molecule has 1 saturated heterocycles. The summed E-state index contributed by atoms with van der Waals surface area (Å²) < 4.78 is 21.9. The number of anilines is 1. The van der Waals surface area contributed by atoms with Crippen LogP contribution in [0, 0.1) is 0 Å². The molecule has 204 valence electrons. The maximum Gasteiger partial charge on any atom is 0.167 e. The third kappa shape index (κ3) is 4.97. The topological polar surface area (TPSA) is 97.3 Å². The van der Waals surface area contributed by atoms with E-state index in [1.807, 2.05) is 65.4 Å². The first kappa shape index (κ1) is 26.5. The maximum absolute atomic E-state index is 7.07. The summed E-state index contributed by atoms with van der Waals surface area (Å²) in [7, 11) is 0. The van der Waals surface area contributed by atoms with E-state index >= 15 is 0 Å². The van der Waals surface area contributed by atoms with Gasteiger partial charge in [-0.3, -0.25) is 4.57 Å². The quantitative estimate of drug-likeness (QED) is 0.181. The third-order valence-electron chi connectivity index (χ3n) is 7.28. The van der Waals surface area contributed by atoms with Crippen LogP contribution in [0.4, 0.5) is 5.82 Å². The van der Waals surface area contributed by atoms with Crippen LogP contribution in [0.3, 0.4) is 0 Å². The number of ether oxygens (including phenoxy) is 3. The second kappa shape index (κ2) is 11.8. The summed E-state index contributed by atoms with van der Waals surface area (Å²) in [5, 5.41) is 0. The number of thioether (sulfide) groups is 1. The van der Waals surface area contributed by atoms with Crippen LogP contribution in [0.2, 0.25) is 0 Å². The average Bonchev–Trinajstić information content (AvgIpc) is 3.63. The average molecular weight is 554 g/mol. The molecule has 1 fully saturated rings. The first-order valence-corrected chi connectivity index (χ1v) is 14.6. The first-order valence-electron chi connectivity index (χ1n) is 13.2. The van der Waals surface area contributed by atoms with E-state index in [4.69, 9.17) is 19.9 Å². The summed E-state index contributed by atoms with van der Waals surface area (Å²) in [6.45, 7) is 0.304. The van der Waals surface area contributed by atoms with E-state index in [0.29, 0.717) is 35.9 Å². The number of nitrogens with two attached hydrogens (primary N) is 1. The smallest absolute Gasteiger partial charge is 0.167 e. The molecular weight excluding hydrogens is 522 g/mol. The van der Waals surface area contributed by atoms with Crippen molar-refractivity contribution in [3.05, 3.63) is 120 Å². The fourth-order valence-electron chi connectivity index (χ4n) is 5.41. The first-order chi connectivity index (χ1) is 19.7. The molecule has 3 atom stereocenters. The molecule has 6 rings (SSSR count). The number of nitrogen functional groups attached to an aromatic ring is 1. The molecule has 8 nitrogen and oxygen atoms in total. The van der Waals surface area contributed by atoms with Gasteiger partial charge in [0.25, 0.3) is 0 Å². The molecule has 3 aromatic carbocycles. The number of benzene rings is 3. The molecule has 0 saturated carbocycles. The fraction of sp³-hybridized carbons (Fsp3) is 0.258. The number of rotatable bonds is 10. The van der Waals surface area contributed by atoms with Gasteiger partial charge >= 0.3 is 0 Å². The zero-order valence-corrected chi connectivity index (χ0v) is 23.0. The molecule has 0 radical (unpaired) electrons.